The highest BCUT2D eigenvalue weighted by Gasteiger charge is 2.18. The molecule has 0 radical (unpaired) electrons. The van der Waals surface area contributed by atoms with Gasteiger partial charge in [-0.15, -0.1) is 0 Å². The summed E-state index contributed by atoms with van der Waals surface area (Å²) in [5, 5.41) is 13.6. The van der Waals surface area contributed by atoms with E-state index in [0.29, 0.717) is 16.5 Å². The van der Waals surface area contributed by atoms with Gasteiger partial charge in [-0.2, -0.15) is 0 Å². The number of nitro groups is 1. The molecule has 104 valence electrons. The molecule has 1 amide bonds. The lowest BCUT2D eigenvalue weighted by Gasteiger charge is -2.08. The quantitative estimate of drug-likeness (QED) is 0.535. The van der Waals surface area contributed by atoms with Crippen molar-refractivity contribution in [1.82, 2.24) is 9.55 Å². The van der Waals surface area contributed by atoms with Crippen LogP contribution in [0.5, 0.6) is 0 Å². The summed E-state index contributed by atoms with van der Waals surface area (Å²) in [5.74, 6) is -0.451. The minimum Gasteiger partial charge on any atom is -0.340 e. The average Bonchev–Trinajstić information content (AvgIpc) is 2.75. The Labute approximate surface area is 119 Å². The third-order valence-corrected chi connectivity index (χ3v) is 2.94. The average molecular weight is 295 g/mol. The minimum atomic E-state index is -0.550. The SMILES string of the molecule is Cc1nc(Cl)ccc1NC(=O)c1cc([N+](=O)[O-])cn1C. The Hall–Kier alpha value is -2.41. The van der Waals surface area contributed by atoms with Gasteiger partial charge in [-0.25, -0.2) is 4.98 Å². The van der Waals surface area contributed by atoms with Crippen LogP contribution < -0.4 is 5.32 Å². The first kappa shape index (κ1) is 14.0. The zero-order valence-corrected chi connectivity index (χ0v) is 11.5. The standard InChI is InChI=1S/C12H11ClN4O3/c1-7-9(3-4-11(13)14-7)15-12(18)10-5-8(17(19)20)6-16(10)2/h3-6H,1-2H3,(H,15,18). The van der Waals surface area contributed by atoms with Gasteiger partial charge in [-0.05, 0) is 19.1 Å². The van der Waals surface area contributed by atoms with E-state index in [1.165, 1.54) is 16.8 Å². The van der Waals surface area contributed by atoms with E-state index in [1.807, 2.05) is 0 Å². The van der Waals surface area contributed by atoms with Crippen molar-refractivity contribution in [2.75, 3.05) is 5.32 Å². The Kier molecular flexibility index (Phi) is 3.71. The summed E-state index contributed by atoms with van der Waals surface area (Å²) in [5.41, 5.74) is 1.12. The molecule has 2 rings (SSSR count). The summed E-state index contributed by atoms with van der Waals surface area (Å²) >= 11 is 5.73. The molecule has 0 saturated heterocycles. The van der Waals surface area contributed by atoms with Crippen LogP contribution in [-0.2, 0) is 7.05 Å². The molecule has 7 nitrogen and oxygen atoms in total. The van der Waals surface area contributed by atoms with Crippen LogP contribution in [0.15, 0.2) is 24.4 Å². The fourth-order valence-corrected chi connectivity index (χ4v) is 1.91. The number of carbonyl (C=O) groups excluding carboxylic acids is 1. The van der Waals surface area contributed by atoms with Crippen LogP contribution in [0.1, 0.15) is 16.2 Å². The van der Waals surface area contributed by atoms with Crippen molar-refractivity contribution in [3.8, 4) is 0 Å². The molecular weight excluding hydrogens is 284 g/mol. The maximum Gasteiger partial charge on any atom is 0.287 e. The number of pyridine rings is 1. The van der Waals surface area contributed by atoms with Gasteiger partial charge in [-0.1, -0.05) is 11.6 Å². The smallest absolute Gasteiger partial charge is 0.287 e. The highest BCUT2D eigenvalue weighted by Crippen LogP contribution is 2.19. The zero-order valence-electron chi connectivity index (χ0n) is 10.8. The highest BCUT2D eigenvalue weighted by molar-refractivity contribution is 6.29. The molecular formula is C12H11ClN4O3. The van der Waals surface area contributed by atoms with E-state index < -0.39 is 10.8 Å². The van der Waals surface area contributed by atoms with Gasteiger partial charge in [0.25, 0.3) is 11.6 Å². The van der Waals surface area contributed by atoms with Crippen molar-refractivity contribution < 1.29 is 9.72 Å². The molecule has 0 aliphatic heterocycles. The maximum atomic E-state index is 12.1. The van der Waals surface area contributed by atoms with Crippen molar-refractivity contribution in [2.24, 2.45) is 7.05 Å². The van der Waals surface area contributed by atoms with Crippen LogP contribution in [0, 0.1) is 17.0 Å². The zero-order chi connectivity index (χ0) is 14.9. The van der Waals surface area contributed by atoms with Crippen LogP contribution in [0.4, 0.5) is 11.4 Å². The van der Waals surface area contributed by atoms with Crippen molar-refractivity contribution in [3.05, 3.63) is 51.1 Å². The highest BCUT2D eigenvalue weighted by atomic mass is 35.5. The Morgan fingerprint density at radius 3 is 2.75 bits per heavy atom. The van der Waals surface area contributed by atoms with Crippen LogP contribution in [0.25, 0.3) is 0 Å². The molecule has 0 fully saturated rings. The van der Waals surface area contributed by atoms with Gasteiger partial charge in [0, 0.05) is 13.1 Å². The molecule has 0 unspecified atom stereocenters. The largest absolute Gasteiger partial charge is 0.340 e. The first-order valence-corrected chi connectivity index (χ1v) is 6.01. The summed E-state index contributed by atoms with van der Waals surface area (Å²) in [6.45, 7) is 1.70. The number of anilines is 1. The molecule has 0 atom stereocenters. The summed E-state index contributed by atoms with van der Waals surface area (Å²) < 4.78 is 1.39. The number of aryl methyl sites for hydroxylation is 2. The first-order chi connectivity index (χ1) is 9.38. The van der Waals surface area contributed by atoms with Gasteiger partial charge >= 0.3 is 0 Å². The van der Waals surface area contributed by atoms with Gasteiger partial charge in [0.2, 0.25) is 0 Å². The van der Waals surface area contributed by atoms with Gasteiger partial charge in [0.1, 0.15) is 10.8 Å². The van der Waals surface area contributed by atoms with Crippen LogP contribution in [0.2, 0.25) is 5.15 Å². The van der Waals surface area contributed by atoms with E-state index in [4.69, 9.17) is 11.6 Å². The Morgan fingerprint density at radius 2 is 2.20 bits per heavy atom. The van der Waals surface area contributed by atoms with Crippen molar-refractivity contribution in [2.45, 2.75) is 6.92 Å². The van der Waals surface area contributed by atoms with Gasteiger partial charge in [-0.3, -0.25) is 14.9 Å². The number of hydrogen-bond donors (Lipinski definition) is 1. The van der Waals surface area contributed by atoms with Crippen molar-refractivity contribution in [3.63, 3.8) is 0 Å². The van der Waals surface area contributed by atoms with Crippen LogP contribution >= 0.6 is 11.6 Å². The molecule has 0 spiro atoms. The summed E-state index contributed by atoms with van der Waals surface area (Å²) in [6.07, 6.45) is 1.28. The van der Waals surface area contributed by atoms with E-state index in [9.17, 15) is 14.9 Å². The number of halogens is 1. The molecule has 2 aromatic heterocycles. The normalized spacial score (nSPS) is 10.3. The van der Waals surface area contributed by atoms with Crippen molar-refractivity contribution in [1.29, 1.82) is 0 Å². The molecule has 0 saturated carbocycles. The molecule has 8 heteroatoms. The Bertz CT molecular complexity index is 696. The molecule has 2 heterocycles. The van der Waals surface area contributed by atoms with E-state index in [0.717, 1.165) is 0 Å². The summed E-state index contributed by atoms with van der Waals surface area (Å²) in [6, 6.07) is 4.39. The predicted octanol–water partition coefficient (Wildman–Crippen LogP) is 2.54. The second kappa shape index (κ2) is 5.30. The molecule has 0 aromatic carbocycles. The minimum absolute atomic E-state index is 0.136. The number of nitrogens with zero attached hydrogens (tertiary/aromatic N) is 3. The second-order valence-corrected chi connectivity index (χ2v) is 4.56. The third-order valence-electron chi connectivity index (χ3n) is 2.73. The van der Waals surface area contributed by atoms with E-state index in [2.05, 4.69) is 10.3 Å². The molecule has 0 aliphatic carbocycles. The lowest BCUT2D eigenvalue weighted by Crippen LogP contribution is -2.16. The number of rotatable bonds is 3. The van der Waals surface area contributed by atoms with E-state index >= 15 is 0 Å². The number of carbonyl (C=O) groups is 1. The summed E-state index contributed by atoms with van der Waals surface area (Å²) in [4.78, 5) is 26.2. The Balaban J connectivity index is 2.26. The van der Waals surface area contributed by atoms with Crippen LogP contribution in [-0.4, -0.2) is 20.4 Å². The number of aromatic nitrogens is 2. The fraction of sp³-hybridized carbons (Fsp3) is 0.167. The molecule has 1 N–H and O–H groups in total. The fourth-order valence-electron chi connectivity index (χ4n) is 1.72. The third kappa shape index (κ3) is 2.77. The molecule has 2 aromatic rings. The van der Waals surface area contributed by atoms with Crippen LogP contribution in [0.3, 0.4) is 0 Å². The molecule has 0 bridgehead atoms. The Morgan fingerprint density at radius 1 is 1.50 bits per heavy atom. The first-order valence-electron chi connectivity index (χ1n) is 5.63. The molecule has 20 heavy (non-hydrogen) atoms. The maximum absolute atomic E-state index is 12.1. The molecule has 0 aliphatic rings. The van der Waals surface area contributed by atoms with Gasteiger partial charge in [0.15, 0.2) is 0 Å². The lowest BCUT2D eigenvalue weighted by molar-refractivity contribution is -0.384. The monoisotopic (exact) mass is 294 g/mol. The lowest BCUT2D eigenvalue weighted by atomic mass is 10.3. The van der Waals surface area contributed by atoms with Gasteiger partial charge < -0.3 is 9.88 Å². The summed E-state index contributed by atoms with van der Waals surface area (Å²) in [7, 11) is 1.56. The van der Waals surface area contributed by atoms with E-state index in [1.54, 1.807) is 26.1 Å². The second-order valence-electron chi connectivity index (χ2n) is 4.17. The number of hydrogen-bond acceptors (Lipinski definition) is 4. The van der Waals surface area contributed by atoms with Crippen molar-refractivity contribution >= 4 is 28.9 Å². The van der Waals surface area contributed by atoms with Gasteiger partial charge in [0.05, 0.1) is 22.5 Å². The number of amides is 1. The number of nitrogens with one attached hydrogen (secondary N) is 1. The predicted molar refractivity (Wildman–Crippen MR) is 74.0 cm³/mol. The topological polar surface area (TPSA) is 90.1 Å². The van der Waals surface area contributed by atoms with E-state index in [-0.39, 0.29) is 11.4 Å².